The van der Waals surface area contributed by atoms with Crippen LogP contribution in [0.5, 0.6) is 11.5 Å². The molecule has 2 N–H and O–H groups in total. The summed E-state index contributed by atoms with van der Waals surface area (Å²) in [6.45, 7) is 7.11. The molecule has 1 aliphatic carbocycles. The van der Waals surface area contributed by atoms with Crippen LogP contribution in [-0.2, 0) is 16.6 Å². The van der Waals surface area contributed by atoms with E-state index in [1.54, 1.807) is 6.07 Å². The zero-order valence-electron chi connectivity index (χ0n) is 13.9. The fraction of sp³-hybridized carbons (Fsp3) is 0.526. The molecule has 2 heterocycles. The Balaban J connectivity index is 1.91. The molecule has 128 valence electrons. The van der Waals surface area contributed by atoms with Crippen molar-refractivity contribution < 1.29 is 19.7 Å². The molecule has 4 rings (SSSR count). The van der Waals surface area contributed by atoms with E-state index in [1.807, 2.05) is 19.1 Å². The Labute approximate surface area is 141 Å². The average molecular weight is 329 g/mol. The number of hydrogen-bond acceptors (Lipinski definition) is 5. The summed E-state index contributed by atoms with van der Waals surface area (Å²) in [5.74, 6) is 0.432. The lowest BCUT2D eigenvalue weighted by Gasteiger charge is -2.53. The third-order valence-corrected chi connectivity index (χ3v) is 6.00. The lowest BCUT2D eigenvalue weighted by molar-refractivity contribution is -0.136. The number of rotatable bonds is 4. The number of benzene rings is 1. The second-order valence-corrected chi connectivity index (χ2v) is 7.06. The van der Waals surface area contributed by atoms with Gasteiger partial charge in [0.25, 0.3) is 0 Å². The molecule has 1 spiro atoms. The lowest BCUT2D eigenvalue weighted by atomic mass is 9.59. The molecule has 0 unspecified atom stereocenters. The van der Waals surface area contributed by atoms with Gasteiger partial charge in [0.2, 0.25) is 0 Å². The Hall–Kier alpha value is -1.85. The van der Waals surface area contributed by atoms with E-state index >= 15 is 0 Å². The van der Waals surface area contributed by atoms with E-state index in [1.165, 1.54) is 0 Å². The molecule has 0 saturated carbocycles. The normalized spacial score (nSPS) is 33.7. The van der Waals surface area contributed by atoms with E-state index in [0.29, 0.717) is 31.6 Å². The molecule has 0 radical (unpaired) electrons. The highest BCUT2D eigenvalue weighted by Gasteiger charge is 2.63. The standard InChI is InChI=1S/C19H23NO4/c1-3-8-20-9-7-19-15-11(10-12(20)17(19)23)5-6-14(22)16(15)24-18(19)13(21)4-2/h3,5-6,12,17-18,22-23H,1,4,7-10H2,2H3/t12-,17-,18+,19-/m1/s1. The zero-order chi connectivity index (χ0) is 17.1. The number of carbonyl (C=O) groups is 1. The highest BCUT2D eigenvalue weighted by Crippen LogP contribution is 2.58. The minimum atomic E-state index is -0.739. The van der Waals surface area contributed by atoms with Crippen molar-refractivity contribution in [3.63, 3.8) is 0 Å². The van der Waals surface area contributed by atoms with Crippen molar-refractivity contribution in [2.45, 2.75) is 49.9 Å². The summed E-state index contributed by atoms with van der Waals surface area (Å²) in [4.78, 5) is 14.8. The molecule has 4 atom stereocenters. The fourth-order valence-corrected chi connectivity index (χ4v) is 4.91. The van der Waals surface area contributed by atoms with Crippen molar-refractivity contribution in [3.8, 4) is 11.5 Å². The van der Waals surface area contributed by atoms with Crippen LogP contribution in [0.3, 0.4) is 0 Å². The maximum Gasteiger partial charge on any atom is 0.174 e. The summed E-state index contributed by atoms with van der Waals surface area (Å²) < 4.78 is 5.96. The van der Waals surface area contributed by atoms with E-state index in [-0.39, 0.29) is 17.6 Å². The molecule has 5 heteroatoms. The maximum atomic E-state index is 12.6. The number of aliphatic hydroxyl groups excluding tert-OH is 1. The number of Topliss-reactive ketones (excluding diaryl/α,β-unsaturated/α-hetero) is 1. The number of phenols is 1. The first-order chi connectivity index (χ1) is 11.5. The van der Waals surface area contributed by atoms with E-state index in [2.05, 4.69) is 11.5 Å². The van der Waals surface area contributed by atoms with Crippen LogP contribution in [0.2, 0.25) is 0 Å². The van der Waals surface area contributed by atoms with Gasteiger partial charge >= 0.3 is 0 Å². The number of likely N-dealkylation sites (tertiary alicyclic amines) is 1. The van der Waals surface area contributed by atoms with E-state index in [9.17, 15) is 15.0 Å². The van der Waals surface area contributed by atoms with Gasteiger partial charge in [0, 0.05) is 24.6 Å². The van der Waals surface area contributed by atoms with E-state index < -0.39 is 17.6 Å². The molecule has 0 aromatic heterocycles. The predicted octanol–water partition coefficient (Wildman–Crippen LogP) is 1.55. The Kier molecular flexibility index (Phi) is 3.48. The van der Waals surface area contributed by atoms with Crippen molar-refractivity contribution in [2.75, 3.05) is 13.1 Å². The minimum absolute atomic E-state index is 0.0200. The Bertz CT molecular complexity index is 716. The number of carbonyl (C=O) groups excluding carboxylic acids is 1. The molecule has 0 amide bonds. The number of ether oxygens (including phenoxy) is 1. The van der Waals surface area contributed by atoms with Crippen LogP contribution in [0.4, 0.5) is 0 Å². The first kappa shape index (κ1) is 15.7. The largest absolute Gasteiger partial charge is 0.504 e. The highest BCUT2D eigenvalue weighted by atomic mass is 16.5. The van der Waals surface area contributed by atoms with Gasteiger partial charge in [-0.1, -0.05) is 19.1 Å². The number of phenolic OH excluding ortho intramolecular Hbond substituents is 1. The number of aliphatic hydroxyl groups is 1. The summed E-state index contributed by atoms with van der Waals surface area (Å²) >= 11 is 0. The molecule has 1 saturated heterocycles. The number of nitrogens with zero attached hydrogens (tertiary/aromatic N) is 1. The fourth-order valence-electron chi connectivity index (χ4n) is 4.91. The van der Waals surface area contributed by atoms with Crippen LogP contribution in [-0.4, -0.2) is 52.2 Å². The third kappa shape index (κ3) is 1.80. The van der Waals surface area contributed by atoms with Gasteiger partial charge in [-0.05, 0) is 31.0 Å². The molecular formula is C19H23NO4. The number of ketones is 1. The molecule has 2 aliphatic heterocycles. The first-order valence-electron chi connectivity index (χ1n) is 8.62. The van der Waals surface area contributed by atoms with Crippen LogP contribution in [0, 0.1) is 0 Å². The third-order valence-electron chi connectivity index (χ3n) is 6.00. The Morgan fingerprint density at radius 3 is 3.04 bits per heavy atom. The first-order valence-corrected chi connectivity index (χ1v) is 8.62. The smallest absolute Gasteiger partial charge is 0.174 e. The van der Waals surface area contributed by atoms with Gasteiger partial charge in [0.05, 0.1) is 11.5 Å². The summed E-state index contributed by atoms with van der Waals surface area (Å²) in [5, 5.41) is 21.5. The number of hydrogen-bond donors (Lipinski definition) is 2. The number of fused-ring (bicyclic) bond motifs is 1. The van der Waals surface area contributed by atoms with Crippen molar-refractivity contribution in [3.05, 3.63) is 35.9 Å². The second-order valence-electron chi connectivity index (χ2n) is 7.06. The molecule has 24 heavy (non-hydrogen) atoms. The molecule has 1 aromatic carbocycles. The Morgan fingerprint density at radius 2 is 2.33 bits per heavy atom. The van der Waals surface area contributed by atoms with Crippen molar-refractivity contribution in [1.29, 1.82) is 0 Å². The molecule has 2 bridgehead atoms. The SMILES string of the molecule is C=CCN1CC[C@]23c4c(ccc(O)c4O[C@H]2C(=O)CC)C[C@@H]1[C@H]3O. The summed E-state index contributed by atoms with van der Waals surface area (Å²) in [6, 6.07) is 3.48. The zero-order valence-corrected chi connectivity index (χ0v) is 13.9. The van der Waals surface area contributed by atoms with Crippen molar-refractivity contribution in [1.82, 2.24) is 4.90 Å². The topological polar surface area (TPSA) is 70.0 Å². The summed E-state index contributed by atoms with van der Waals surface area (Å²) in [7, 11) is 0. The quantitative estimate of drug-likeness (QED) is 0.820. The Morgan fingerprint density at radius 1 is 1.54 bits per heavy atom. The van der Waals surface area contributed by atoms with Gasteiger partial charge in [-0.25, -0.2) is 0 Å². The molecule has 1 aromatic rings. The van der Waals surface area contributed by atoms with Gasteiger partial charge in [-0.2, -0.15) is 0 Å². The monoisotopic (exact) mass is 329 g/mol. The molecular weight excluding hydrogens is 306 g/mol. The predicted molar refractivity (Wildman–Crippen MR) is 89.4 cm³/mol. The van der Waals surface area contributed by atoms with Crippen LogP contribution in [0.15, 0.2) is 24.8 Å². The summed E-state index contributed by atoms with van der Waals surface area (Å²) in [6.07, 6.45) is 2.12. The van der Waals surface area contributed by atoms with Gasteiger partial charge in [-0.15, -0.1) is 6.58 Å². The van der Waals surface area contributed by atoms with Gasteiger partial charge in [0.1, 0.15) is 0 Å². The minimum Gasteiger partial charge on any atom is -0.504 e. The van der Waals surface area contributed by atoms with E-state index in [0.717, 1.165) is 17.7 Å². The number of aromatic hydroxyl groups is 1. The highest BCUT2D eigenvalue weighted by molar-refractivity contribution is 5.87. The van der Waals surface area contributed by atoms with Crippen LogP contribution in [0.1, 0.15) is 30.9 Å². The van der Waals surface area contributed by atoms with Crippen LogP contribution >= 0.6 is 0 Å². The summed E-state index contributed by atoms with van der Waals surface area (Å²) in [5.41, 5.74) is 1.19. The van der Waals surface area contributed by atoms with E-state index in [4.69, 9.17) is 4.74 Å². The number of piperidine rings is 1. The maximum absolute atomic E-state index is 12.6. The second kappa shape index (κ2) is 5.33. The van der Waals surface area contributed by atoms with Gasteiger partial charge < -0.3 is 14.9 Å². The van der Waals surface area contributed by atoms with Crippen LogP contribution in [0.25, 0.3) is 0 Å². The van der Waals surface area contributed by atoms with Crippen molar-refractivity contribution >= 4 is 5.78 Å². The lowest BCUT2D eigenvalue weighted by Crippen LogP contribution is -2.67. The van der Waals surface area contributed by atoms with Gasteiger partial charge in [-0.3, -0.25) is 9.69 Å². The average Bonchev–Trinajstić information content (AvgIpc) is 2.92. The van der Waals surface area contributed by atoms with Gasteiger partial charge in [0.15, 0.2) is 23.4 Å². The van der Waals surface area contributed by atoms with Crippen molar-refractivity contribution in [2.24, 2.45) is 0 Å². The molecule has 1 fully saturated rings. The van der Waals surface area contributed by atoms with Crippen LogP contribution < -0.4 is 4.74 Å². The molecule has 5 nitrogen and oxygen atoms in total. The molecule has 3 aliphatic rings.